The Morgan fingerprint density at radius 2 is 1.59 bits per heavy atom. The minimum absolute atomic E-state index is 0.0872. The molecule has 0 atom stereocenters. The molecule has 0 aliphatic rings. The summed E-state index contributed by atoms with van der Waals surface area (Å²) in [7, 11) is -1.03. The van der Waals surface area contributed by atoms with Crippen molar-refractivity contribution in [2.24, 2.45) is 0 Å². The molecule has 27 heavy (non-hydrogen) atoms. The van der Waals surface area contributed by atoms with E-state index in [0.717, 1.165) is 5.57 Å². The number of ether oxygens (including phenoxy) is 2. The zero-order valence-corrected chi connectivity index (χ0v) is 16.4. The lowest BCUT2D eigenvalue weighted by Crippen LogP contribution is -2.15. The third kappa shape index (κ3) is 5.49. The number of methoxy groups -OCH3 is 2. The smallest absolute Gasteiger partial charge is 0.265 e. The van der Waals surface area contributed by atoms with Crippen molar-refractivity contribution in [3.63, 3.8) is 0 Å². The summed E-state index contributed by atoms with van der Waals surface area (Å²) in [5.74, 6) is 0.433. The summed E-state index contributed by atoms with van der Waals surface area (Å²) in [6.07, 6.45) is 1.42. The third-order valence-electron chi connectivity index (χ3n) is 3.48. The average molecular weight is 390 g/mol. The zero-order chi connectivity index (χ0) is 20.0. The van der Waals surface area contributed by atoms with Crippen LogP contribution in [0.2, 0.25) is 0 Å². The van der Waals surface area contributed by atoms with Crippen LogP contribution in [0, 0.1) is 0 Å². The Balaban J connectivity index is 2.34. The van der Waals surface area contributed by atoms with E-state index in [2.05, 4.69) is 10.0 Å². The largest absolute Gasteiger partial charge is 0.497 e. The van der Waals surface area contributed by atoms with Crippen molar-refractivity contribution >= 4 is 27.3 Å². The Kier molecular flexibility index (Phi) is 6.46. The minimum atomic E-state index is -3.94. The quantitative estimate of drug-likeness (QED) is 0.707. The Morgan fingerprint density at radius 3 is 2.15 bits per heavy atom. The summed E-state index contributed by atoms with van der Waals surface area (Å²) < 4.78 is 38.3. The standard InChI is InChI=1S/C19H22N2O5S/c1-13(2)11-19(22)20-15-7-10-17(26-4)18(12-15)27(23,24)21-14-5-8-16(25-3)9-6-14/h5-12,21H,1-4H3,(H,20,22). The van der Waals surface area contributed by atoms with Crippen molar-refractivity contribution in [1.82, 2.24) is 0 Å². The molecule has 0 radical (unpaired) electrons. The molecule has 2 N–H and O–H groups in total. The summed E-state index contributed by atoms with van der Waals surface area (Å²) in [6.45, 7) is 3.59. The lowest BCUT2D eigenvalue weighted by Gasteiger charge is -2.13. The number of nitrogens with one attached hydrogen (secondary N) is 2. The molecule has 144 valence electrons. The van der Waals surface area contributed by atoms with E-state index in [4.69, 9.17) is 9.47 Å². The lowest BCUT2D eigenvalue weighted by molar-refractivity contribution is -0.111. The number of sulfonamides is 1. The molecular formula is C19H22N2O5S. The monoisotopic (exact) mass is 390 g/mol. The SMILES string of the molecule is COc1ccc(NS(=O)(=O)c2cc(NC(=O)C=C(C)C)ccc2OC)cc1. The number of carbonyl (C=O) groups excluding carboxylic acids is 1. The van der Waals surface area contributed by atoms with Crippen molar-refractivity contribution < 1.29 is 22.7 Å². The van der Waals surface area contributed by atoms with Crippen LogP contribution >= 0.6 is 0 Å². The first-order valence-electron chi connectivity index (χ1n) is 8.06. The summed E-state index contributed by atoms with van der Waals surface area (Å²) in [6, 6.07) is 10.9. The molecule has 0 aliphatic carbocycles. The van der Waals surface area contributed by atoms with E-state index in [1.807, 2.05) is 0 Å². The highest BCUT2D eigenvalue weighted by Gasteiger charge is 2.21. The molecule has 0 aliphatic heterocycles. The summed E-state index contributed by atoms with van der Waals surface area (Å²) in [4.78, 5) is 11.8. The van der Waals surface area contributed by atoms with Crippen LogP contribution < -0.4 is 19.5 Å². The lowest BCUT2D eigenvalue weighted by atomic mass is 10.2. The molecule has 0 spiro atoms. The van der Waals surface area contributed by atoms with Crippen LogP contribution in [-0.2, 0) is 14.8 Å². The molecule has 2 aromatic carbocycles. The predicted octanol–water partition coefficient (Wildman–Crippen LogP) is 3.41. The number of anilines is 2. The molecule has 1 amide bonds. The minimum Gasteiger partial charge on any atom is -0.497 e. The molecular weight excluding hydrogens is 368 g/mol. The number of rotatable bonds is 7. The highest BCUT2D eigenvalue weighted by Crippen LogP contribution is 2.29. The van der Waals surface area contributed by atoms with Crippen molar-refractivity contribution in [2.75, 3.05) is 24.3 Å². The fraction of sp³-hybridized carbons (Fsp3) is 0.211. The summed E-state index contributed by atoms with van der Waals surface area (Å²) in [5.41, 5.74) is 1.54. The molecule has 7 nitrogen and oxygen atoms in total. The molecule has 0 heterocycles. The number of carbonyl (C=O) groups is 1. The zero-order valence-electron chi connectivity index (χ0n) is 15.6. The van der Waals surface area contributed by atoms with Gasteiger partial charge in [0.1, 0.15) is 16.4 Å². The van der Waals surface area contributed by atoms with Gasteiger partial charge in [-0.3, -0.25) is 9.52 Å². The Labute approximate surface area is 159 Å². The highest BCUT2D eigenvalue weighted by molar-refractivity contribution is 7.92. The number of amides is 1. The molecule has 0 fully saturated rings. The van der Waals surface area contributed by atoms with Crippen LogP contribution in [0.1, 0.15) is 13.8 Å². The first kappa shape index (κ1) is 20.3. The molecule has 0 saturated heterocycles. The molecule has 8 heteroatoms. The van der Waals surface area contributed by atoms with Gasteiger partial charge in [-0.1, -0.05) is 5.57 Å². The summed E-state index contributed by atoms with van der Waals surface area (Å²) in [5, 5.41) is 2.64. The van der Waals surface area contributed by atoms with Gasteiger partial charge in [-0.15, -0.1) is 0 Å². The summed E-state index contributed by atoms with van der Waals surface area (Å²) >= 11 is 0. The van der Waals surface area contributed by atoms with Crippen LogP contribution in [0.25, 0.3) is 0 Å². The van der Waals surface area contributed by atoms with Gasteiger partial charge >= 0.3 is 0 Å². The van der Waals surface area contributed by atoms with Gasteiger partial charge in [-0.05, 0) is 56.3 Å². The topological polar surface area (TPSA) is 93.7 Å². The molecule has 0 saturated carbocycles. The van der Waals surface area contributed by atoms with Gasteiger partial charge in [0.25, 0.3) is 10.0 Å². The third-order valence-corrected chi connectivity index (χ3v) is 4.89. The maximum atomic E-state index is 12.8. The van der Waals surface area contributed by atoms with Crippen LogP contribution in [0.4, 0.5) is 11.4 Å². The fourth-order valence-electron chi connectivity index (χ4n) is 2.27. The van der Waals surface area contributed by atoms with Crippen LogP contribution in [0.15, 0.2) is 59.0 Å². The van der Waals surface area contributed by atoms with Crippen molar-refractivity contribution in [2.45, 2.75) is 18.7 Å². The normalized spacial score (nSPS) is 10.7. The van der Waals surface area contributed by atoms with Gasteiger partial charge in [-0.2, -0.15) is 0 Å². The molecule has 0 bridgehead atoms. The van der Waals surface area contributed by atoms with Crippen LogP contribution in [-0.4, -0.2) is 28.5 Å². The van der Waals surface area contributed by atoms with E-state index in [0.29, 0.717) is 17.1 Å². The van der Waals surface area contributed by atoms with Crippen molar-refractivity contribution in [1.29, 1.82) is 0 Å². The van der Waals surface area contributed by atoms with Gasteiger partial charge < -0.3 is 14.8 Å². The van der Waals surface area contributed by atoms with E-state index >= 15 is 0 Å². The maximum absolute atomic E-state index is 12.8. The van der Waals surface area contributed by atoms with Gasteiger partial charge in [0.15, 0.2) is 0 Å². The number of hydrogen-bond acceptors (Lipinski definition) is 5. The Morgan fingerprint density at radius 1 is 0.963 bits per heavy atom. The second kappa shape index (κ2) is 8.59. The highest BCUT2D eigenvalue weighted by atomic mass is 32.2. The second-order valence-electron chi connectivity index (χ2n) is 5.91. The molecule has 0 unspecified atom stereocenters. The Bertz CT molecular complexity index is 947. The maximum Gasteiger partial charge on any atom is 0.265 e. The predicted molar refractivity (Wildman–Crippen MR) is 105 cm³/mol. The molecule has 2 aromatic rings. The van der Waals surface area contributed by atoms with Gasteiger partial charge in [-0.25, -0.2) is 8.42 Å². The number of benzene rings is 2. The first-order chi connectivity index (χ1) is 12.7. The van der Waals surface area contributed by atoms with Crippen LogP contribution in [0.3, 0.4) is 0 Å². The number of allylic oxidation sites excluding steroid dienone is 1. The van der Waals surface area contributed by atoms with Gasteiger partial charge in [0.2, 0.25) is 5.91 Å². The first-order valence-corrected chi connectivity index (χ1v) is 9.54. The van der Waals surface area contributed by atoms with Gasteiger partial charge in [0.05, 0.1) is 14.2 Å². The van der Waals surface area contributed by atoms with Crippen molar-refractivity contribution in [3.05, 3.63) is 54.1 Å². The fourth-order valence-corrected chi connectivity index (χ4v) is 3.53. The van der Waals surface area contributed by atoms with E-state index in [1.165, 1.54) is 32.4 Å². The number of hydrogen-bond donors (Lipinski definition) is 2. The van der Waals surface area contributed by atoms with E-state index in [1.54, 1.807) is 44.2 Å². The molecule has 2 rings (SSSR count). The molecule has 0 aromatic heterocycles. The average Bonchev–Trinajstić information content (AvgIpc) is 2.61. The van der Waals surface area contributed by atoms with E-state index in [-0.39, 0.29) is 16.6 Å². The van der Waals surface area contributed by atoms with Crippen LogP contribution in [0.5, 0.6) is 11.5 Å². The van der Waals surface area contributed by atoms with E-state index in [9.17, 15) is 13.2 Å². The second-order valence-corrected chi connectivity index (χ2v) is 7.56. The van der Waals surface area contributed by atoms with Gasteiger partial charge in [0, 0.05) is 17.5 Å². The van der Waals surface area contributed by atoms with E-state index < -0.39 is 10.0 Å². The Hall–Kier alpha value is -3.00. The van der Waals surface area contributed by atoms with Crippen molar-refractivity contribution in [3.8, 4) is 11.5 Å².